The van der Waals surface area contributed by atoms with Gasteiger partial charge < -0.3 is 15.5 Å². The van der Waals surface area contributed by atoms with E-state index in [4.69, 9.17) is 10.2 Å². The molecule has 3 N–H and O–H groups in total. The third-order valence-corrected chi connectivity index (χ3v) is 2.85. The zero-order valence-corrected chi connectivity index (χ0v) is 10.5. The van der Waals surface area contributed by atoms with Crippen LogP contribution < -0.4 is 11.1 Å². The molecule has 3 nitrogen and oxygen atoms in total. The van der Waals surface area contributed by atoms with Crippen molar-refractivity contribution >= 4 is 27.3 Å². The Morgan fingerprint density at radius 3 is 2.81 bits per heavy atom. The SMILES string of the molecule is CC(Nc1ccc(Br)cc1N)c1ccco1. The molecule has 0 amide bonds. The highest BCUT2D eigenvalue weighted by molar-refractivity contribution is 9.10. The summed E-state index contributed by atoms with van der Waals surface area (Å²) in [6, 6.07) is 9.67. The largest absolute Gasteiger partial charge is 0.467 e. The minimum absolute atomic E-state index is 0.0958. The maximum absolute atomic E-state index is 5.90. The van der Waals surface area contributed by atoms with E-state index in [1.807, 2.05) is 37.3 Å². The summed E-state index contributed by atoms with van der Waals surface area (Å²) in [6.07, 6.45) is 1.67. The zero-order chi connectivity index (χ0) is 11.5. The fraction of sp³-hybridized carbons (Fsp3) is 0.167. The molecule has 1 heterocycles. The number of hydrogen-bond donors (Lipinski definition) is 2. The molecule has 1 unspecified atom stereocenters. The first-order valence-electron chi connectivity index (χ1n) is 5.02. The molecule has 1 atom stereocenters. The number of rotatable bonds is 3. The topological polar surface area (TPSA) is 51.2 Å². The molecule has 0 bridgehead atoms. The van der Waals surface area contributed by atoms with E-state index in [1.165, 1.54) is 0 Å². The lowest BCUT2D eigenvalue weighted by Gasteiger charge is -2.14. The van der Waals surface area contributed by atoms with Gasteiger partial charge in [-0.05, 0) is 37.3 Å². The zero-order valence-electron chi connectivity index (χ0n) is 8.91. The normalized spacial score (nSPS) is 12.4. The number of benzene rings is 1. The number of hydrogen-bond acceptors (Lipinski definition) is 3. The highest BCUT2D eigenvalue weighted by Gasteiger charge is 2.09. The van der Waals surface area contributed by atoms with Gasteiger partial charge >= 0.3 is 0 Å². The van der Waals surface area contributed by atoms with Crippen molar-refractivity contribution in [2.24, 2.45) is 0 Å². The molecule has 84 valence electrons. The molecule has 2 rings (SSSR count). The predicted molar refractivity (Wildman–Crippen MR) is 69.3 cm³/mol. The van der Waals surface area contributed by atoms with Crippen molar-refractivity contribution in [2.75, 3.05) is 11.1 Å². The van der Waals surface area contributed by atoms with E-state index in [9.17, 15) is 0 Å². The molecule has 0 aliphatic carbocycles. The fourth-order valence-electron chi connectivity index (χ4n) is 1.51. The van der Waals surface area contributed by atoms with Crippen LogP contribution in [-0.4, -0.2) is 0 Å². The lowest BCUT2D eigenvalue weighted by atomic mass is 10.2. The van der Waals surface area contributed by atoms with Gasteiger partial charge in [0.2, 0.25) is 0 Å². The van der Waals surface area contributed by atoms with Crippen molar-refractivity contribution in [3.05, 3.63) is 46.8 Å². The van der Waals surface area contributed by atoms with Crippen molar-refractivity contribution in [2.45, 2.75) is 13.0 Å². The monoisotopic (exact) mass is 280 g/mol. The molecular formula is C12H13BrN2O. The Kier molecular flexibility index (Phi) is 3.19. The third kappa shape index (κ3) is 2.39. The first-order valence-corrected chi connectivity index (χ1v) is 5.81. The number of nitrogen functional groups attached to an aromatic ring is 1. The molecule has 16 heavy (non-hydrogen) atoms. The van der Waals surface area contributed by atoms with Gasteiger partial charge in [-0.3, -0.25) is 0 Å². The van der Waals surface area contributed by atoms with Gasteiger partial charge in [-0.2, -0.15) is 0 Å². The van der Waals surface area contributed by atoms with Gasteiger partial charge in [0.15, 0.2) is 0 Å². The van der Waals surface area contributed by atoms with Crippen molar-refractivity contribution in [3.63, 3.8) is 0 Å². The second-order valence-electron chi connectivity index (χ2n) is 3.61. The Hall–Kier alpha value is -1.42. The number of anilines is 2. The van der Waals surface area contributed by atoms with E-state index >= 15 is 0 Å². The van der Waals surface area contributed by atoms with Crippen LogP contribution in [0.15, 0.2) is 45.5 Å². The maximum Gasteiger partial charge on any atom is 0.125 e. The van der Waals surface area contributed by atoms with E-state index in [-0.39, 0.29) is 6.04 Å². The first kappa shape index (κ1) is 11.1. The molecular weight excluding hydrogens is 268 g/mol. The van der Waals surface area contributed by atoms with Crippen LogP contribution in [0.1, 0.15) is 18.7 Å². The van der Waals surface area contributed by atoms with Crippen LogP contribution in [0.4, 0.5) is 11.4 Å². The van der Waals surface area contributed by atoms with Crippen LogP contribution >= 0.6 is 15.9 Å². The quantitative estimate of drug-likeness (QED) is 0.841. The van der Waals surface area contributed by atoms with Gasteiger partial charge in [-0.1, -0.05) is 15.9 Å². The van der Waals surface area contributed by atoms with E-state index in [0.717, 1.165) is 15.9 Å². The van der Waals surface area contributed by atoms with Crippen molar-refractivity contribution < 1.29 is 4.42 Å². The average molecular weight is 281 g/mol. The van der Waals surface area contributed by atoms with Crippen LogP contribution in [0.25, 0.3) is 0 Å². The number of nitrogens with two attached hydrogens (primary N) is 1. The molecule has 0 saturated heterocycles. The first-order chi connectivity index (χ1) is 7.66. The molecule has 2 aromatic rings. The fourth-order valence-corrected chi connectivity index (χ4v) is 1.89. The van der Waals surface area contributed by atoms with E-state index in [1.54, 1.807) is 6.26 Å². The second kappa shape index (κ2) is 4.61. The average Bonchev–Trinajstić information content (AvgIpc) is 2.75. The van der Waals surface area contributed by atoms with Crippen molar-refractivity contribution in [3.8, 4) is 0 Å². The molecule has 0 aliphatic rings. The van der Waals surface area contributed by atoms with Gasteiger partial charge in [-0.25, -0.2) is 0 Å². The lowest BCUT2D eigenvalue weighted by molar-refractivity contribution is 0.490. The number of halogens is 1. The highest BCUT2D eigenvalue weighted by Crippen LogP contribution is 2.27. The van der Waals surface area contributed by atoms with Gasteiger partial charge in [0.25, 0.3) is 0 Å². The third-order valence-electron chi connectivity index (χ3n) is 2.36. The van der Waals surface area contributed by atoms with Crippen LogP contribution in [0, 0.1) is 0 Å². The molecule has 4 heteroatoms. The number of nitrogens with one attached hydrogen (secondary N) is 1. The Morgan fingerprint density at radius 1 is 1.38 bits per heavy atom. The van der Waals surface area contributed by atoms with Crippen LogP contribution in [0.5, 0.6) is 0 Å². The summed E-state index contributed by atoms with van der Waals surface area (Å²) in [7, 11) is 0. The van der Waals surface area contributed by atoms with E-state index < -0.39 is 0 Å². The summed E-state index contributed by atoms with van der Waals surface area (Å²) in [4.78, 5) is 0. The second-order valence-corrected chi connectivity index (χ2v) is 4.53. The minimum Gasteiger partial charge on any atom is -0.467 e. The molecule has 0 spiro atoms. The van der Waals surface area contributed by atoms with Crippen LogP contribution in [0.3, 0.4) is 0 Å². The molecule has 0 fully saturated rings. The van der Waals surface area contributed by atoms with Crippen molar-refractivity contribution in [1.29, 1.82) is 0 Å². The van der Waals surface area contributed by atoms with E-state index in [2.05, 4.69) is 21.2 Å². The molecule has 1 aromatic heterocycles. The highest BCUT2D eigenvalue weighted by atomic mass is 79.9. The maximum atomic E-state index is 5.90. The summed E-state index contributed by atoms with van der Waals surface area (Å²) >= 11 is 3.37. The van der Waals surface area contributed by atoms with Gasteiger partial charge in [0.05, 0.1) is 23.7 Å². The minimum atomic E-state index is 0.0958. The van der Waals surface area contributed by atoms with Gasteiger partial charge in [0, 0.05) is 4.47 Å². The standard InChI is InChI=1S/C12H13BrN2O/c1-8(12-3-2-6-16-12)15-11-5-4-9(13)7-10(11)14/h2-8,15H,14H2,1H3. The Morgan fingerprint density at radius 2 is 2.19 bits per heavy atom. The molecule has 1 aromatic carbocycles. The van der Waals surface area contributed by atoms with E-state index in [0.29, 0.717) is 5.69 Å². The summed E-state index contributed by atoms with van der Waals surface area (Å²) < 4.78 is 6.29. The predicted octanol–water partition coefficient (Wildman–Crippen LogP) is 3.80. The Labute approximate surface area is 103 Å². The molecule has 0 radical (unpaired) electrons. The van der Waals surface area contributed by atoms with Gasteiger partial charge in [-0.15, -0.1) is 0 Å². The lowest BCUT2D eigenvalue weighted by Crippen LogP contribution is -2.07. The molecule has 0 aliphatic heterocycles. The summed E-state index contributed by atoms with van der Waals surface area (Å²) in [5, 5.41) is 3.30. The molecule has 0 saturated carbocycles. The van der Waals surface area contributed by atoms with Crippen molar-refractivity contribution in [1.82, 2.24) is 0 Å². The van der Waals surface area contributed by atoms with Crippen LogP contribution in [0.2, 0.25) is 0 Å². The smallest absolute Gasteiger partial charge is 0.125 e. The van der Waals surface area contributed by atoms with Crippen LogP contribution in [-0.2, 0) is 0 Å². The Balaban J connectivity index is 2.15. The summed E-state index contributed by atoms with van der Waals surface area (Å²) in [5.74, 6) is 0.891. The Bertz CT molecular complexity index is 468. The van der Waals surface area contributed by atoms with Gasteiger partial charge in [0.1, 0.15) is 5.76 Å². The number of furan rings is 1. The summed E-state index contributed by atoms with van der Waals surface area (Å²) in [6.45, 7) is 2.03. The summed E-state index contributed by atoms with van der Waals surface area (Å²) in [5.41, 5.74) is 7.52.